The van der Waals surface area contributed by atoms with Crippen LogP contribution in [0.5, 0.6) is 5.75 Å². The van der Waals surface area contributed by atoms with E-state index in [2.05, 4.69) is 0 Å². The zero-order valence-electron chi connectivity index (χ0n) is 78.7. The molecule has 0 amide bonds. The number of aliphatic hydroxyl groups is 41. The fourth-order valence-corrected chi connectivity index (χ4v) is 24.9. The van der Waals surface area contributed by atoms with Crippen LogP contribution in [0.2, 0.25) is 0 Å². The van der Waals surface area contributed by atoms with E-state index in [1.807, 2.05) is 0 Å². The molecule has 13 aliphatic heterocycles. The van der Waals surface area contributed by atoms with Crippen LogP contribution in [0.1, 0.15) is 75.3 Å². The highest BCUT2D eigenvalue weighted by atomic mass is 16.8. The third-order valence-corrected chi connectivity index (χ3v) is 32.2. The fourth-order valence-electron chi connectivity index (χ4n) is 24.9. The molecule has 0 saturated carbocycles. The maximum absolute atomic E-state index is 13.4. The largest absolute Gasteiger partial charge is 0.508 e. The first kappa shape index (κ1) is 118. The lowest BCUT2D eigenvalue weighted by Crippen LogP contribution is -2.66. The Morgan fingerprint density at radius 2 is 0.510 bits per heavy atom. The molecule has 13 saturated heterocycles. The Morgan fingerprint density at radius 3 is 0.769 bits per heavy atom. The molecule has 13 aliphatic rings. The van der Waals surface area contributed by atoms with Gasteiger partial charge in [0.15, 0.2) is 6.29 Å². The van der Waals surface area contributed by atoms with Gasteiger partial charge < -0.3 is 290 Å². The number of aliphatic hydroxyl groups excluding tert-OH is 41. The Balaban J connectivity index is 0.892. The molecule has 13 heterocycles. The van der Waals surface area contributed by atoms with Crippen molar-refractivity contribution in [3.8, 4) is 5.75 Å². The number of carbonyl (C=O) groups is 1. The van der Waals surface area contributed by atoms with E-state index in [1.54, 1.807) is 0 Å². The predicted molar refractivity (Wildman–Crippen MR) is 461 cm³/mol. The monoisotopic (exact) mass is 2140 g/mol. The minimum Gasteiger partial charge on any atom is -0.508 e. The number of ether oxygens (including phenoxy) is 16. The molecule has 846 valence electrons. The van der Waals surface area contributed by atoms with Crippen molar-refractivity contribution < 1.29 is 295 Å². The number of phenols is 1. The Labute approximate surface area is 833 Å². The molecule has 0 bridgehead atoms. The smallest absolute Gasteiger partial charge is 0.330 e. The van der Waals surface area contributed by atoms with Gasteiger partial charge in [0.1, 0.15) is 319 Å². The molecule has 0 aromatic heterocycles. The number of benzene rings is 1. The number of hydrogen-bond acceptors (Lipinski definition) is 59. The average Bonchev–Trinajstić information content (AvgIpc) is 1.54. The van der Waals surface area contributed by atoms with E-state index in [-0.39, 0.29) is 16.9 Å². The van der Waals surface area contributed by atoms with Gasteiger partial charge in [-0.1, -0.05) is 6.07 Å². The lowest BCUT2D eigenvalue weighted by molar-refractivity contribution is -0.388. The third kappa shape index (κ3) is 20.5. The van der Waals surface area contributed by atoms with E-state index >= 15 is 0 Å². The van der Waals surface area contributed by atoms with Crippen LogP contribution in [0.15, 0.2) is 24.3 Å². The molecule has 14 rings (SSSR count). The van der Waals surface area contributed by atoms with E-state index < -0.39 is 494 Å². The maximum atomic E-state index is 13.4. The first-order valence-corrected chi connectivity index (χ1v) is 47.9. The molecule has 0 spiro atoms. The van der Waals surface area contributed by atoms with Crippen molar-refractivity contribution in [3.63, 3.8) is 0 Å². The topological polar surface area (TPSA) is 1010 Å². The minimum atomic E-state index is -3.39. The summed E-state index contributed by atoms with van der Waals surface area (Å²) in [6.45, 7) is -20.7. The van der Waals surface area contributed by atoms with Crippen LogP contribution in [0.25, 0.3) is 6.08 Å². The van der Waals surface area contributed by atoms with E-state index in [0.29, 0.717) is 0 Å². The Hall–Kier alpha value is -4.01. The summed E-state index contributed by atoms with van der Waals surface area (Å²) in [7, 11) is 0. The molecule has 53 unspecified atom stereocenters. The van der Waals surface area contributed by atoms with Gasteiger partial charge in [-0.2, -0.15) is 0 Å². The predicted octanol–water partition coefficient (Wildman–Crippen LogP) is -23.7. The van der Waals surface area contributed by atoms with Gasteiger partial charge in [0, 0.05) is 75.8 Å². The van der Waals surface area contributed by atoms with Crippen molar-refractivity contribution in [2.75, 3.05) is 99.1 Å². The Bertz CT molecular complexity index is 4530. The molecule has 1 aromatic carbocycles. The van der Waals surface area contributed by atoms with Gasteiger partial charge in [-0.3, -0.25) is 0 Å². The molecular weight excluding hydrogens is 2000 g/mol. The standard InChI is InChI=1S/C88H140O59/c89-6-33-5-32(1-3-34(33)103)2-4-48(104)132-19-47-49(105)62(118)63(119)76(134-47)147-87(74(130)60(116)45(17-100)145-87)29-85(72(128)58(114)43(15-98)143-85)27-83(70(126)56(112)41(13-96)141-83)25-81(68(124)54(110)39(11-94)139-81)23-79(66(122)52(108)37(9-92)137-79)21-77(64(120)50(106)35(7-90)135-77)20-78(65(121)51(107)36(8-91)136-78)22-80(67(123)53(109)38(10-93)138-80)24-82(69(125)55(111)40(12-95)140-82)26-84(71(127)57(113)42(14-97)142-84)28-86(73(129)59(115)44(16-99)144-86)31-133-88(30-102)75(131)61(117)46(18-101)146-88/h1-5,35-47,49-76,89-103,105-131H,6-31H2/b4-2+. The second-order valence-electron chi connectivity index (χ2n) is 41.4. The van der Waals surface area contributed by atoms with Crippen LogP contribution in [-0.4, -0.2) is 638 Å². The number of aromatic hydroxyl groups is 1. The van der Waals surface area contributed by atoms with Crippen molar-refractivity contribution in [3.05, 3.63) is 35.4 Å². The Kier molecular flexibility index (Phi) is 36.4. The van der Waals surface area contributed by atoms with Gasteiger partial charge in [0.05, 0.1) is 92.5 Å². The first-order valence-electron chi connectivity index (χ1n) is 47.9. The average molecular weight is 2140 g/mol. The van der Waals surface area contributed by atoms with Crippen molar-refractivity contribution in [1.82, 2.24) is 0 Å². The summed E-state index contributed by atoms with van der Waals surface area (Å²) in [5, 5.41) is 498. The summed E-state index contributed by atoms with van der Waals surface area (Å²) in [6.07, 6.45) is -114. The van der Waals surface area contributed by atoms with Gasteiger partial charge in [0.25, 0.3) is 0 Å². The molecule has 1 aromatic rings. The second-order valence-corrected chi connectivity index (χ2v) is 41.4. The number of esters is 1. The summed E-state index contributed by atoms with van der Waals surface area (Å²) in [4.78, 5) is 13.3. The minimum absolute atomic E-state index is 0.0445. The van der Waals surface area contributed by atoms with E-state index in [0.717, 1.165) is 12.2 Å². The molecular formula is C88H140O59. The summed E-state index contributed by atoms with van der Waals surface area (Å²) in [5.74, 6) is -7.74. The van der Waals surface area contributed by atoms with Crippen LogP contribution < -0.4 is 0 Å². The van der Waals surface area contributed by atoms with Crippen molar-refractivity contribution in [2.45, 2.75) is 389 Å². The summed E-state index contributed by atoms with van der Waals surface area (Å²) in [5.41, 5.74) is -32.2. The number of rotatable bonds is 43. The highest BCUT2D eigenvalue weighted by Gasteiger charge is 2.79. The molecule has 0 aliphatic carbocycles. The van der Waals surface area contributed by atoms with Crippen LogP contribution in [0, 0.1) is 0 Å². The zero-order valence-corrected chi connectivity index (χ0v) is 78.7. The SMILES string of the molecule is O=C(/C=C/c1ccc(O)c(CO)c1)OCC1OC(OC2(CC3(CC4(CC5(CC6(CC7(CC8(CC9(CC%10(CC%11(CC%12(COC%13(CO)OC(CO)C(O)C%13O)OC(CO)C(O)C%12O)OC(CO)C(O)C%11O)OC(CO)C(O)C%10O)OC(CO)C(O)C9O)OC(CO)C(O)C8O)OC(CO)C(O)C7O)OC(CO)C(O)C6O)OC(CO)C(O)C5O)OC(CO)C(O)C4O)OC(CO)C(O)C3O)OC(CO)C(O)C2O)C(O)C(O)C1O. The van der Waals surface area contributed by atoms with Gasteiger partial charge in [-0.15, -0.1) is 0 Å². The van der Waals surface area contributed by atoms with E-state index in [9.17, 15) is 219 Å². The highest BCUT2D eigenvalue weighted by molar-refractivity contribution is 5.87. The fraction of sp³-hybridized carbons (Fsp3) is 0.898. The molecule has 59 nitrogen and oxygen atoms in total. The molecule has 42 N–H and O–H groups in total. The van der Waals surface area contributed by atoms with Crippen LogP contribution in [0.4, 0.5) is 0 Å². The van der Waals surface area contributed by atoms with E-state index in [1.165, 1.54) is 18.2 Å². The van der Waals surface area contributed by atoms with Gasteiger partial charge in [-0.25, -0.2) is 4.79 Å². The first-order chi connectivity index (χ1) is 69.2. The lowest BCUT2D eigenvalue weighted by atomic mass is 9.63. The summed E-state index contributed by atoms with van der Waals surface area (Å²) in [6, 6.07) is 3.81. The molecule has 13 fully saturated rings. The van der Waals surface area contributed by atoms with Gasteiger partial charge in [-0.05, 0) is 23.8 Å². The van der Waals surface area contributed by atoms with Crippen molar-refractivity contribution in [2.24, 2.45) is 0 Å². The van der Waals surface area contributed by atoms with Crippen molar-refractivity contribution in [1.29, 1.82) is 0 Å². The zero-order chi connectivity index (χ0) is 108. The van der Waals surface area contributed by atoms with Gasteiger partial charge in [0.2, 0.25) is 11.6 Å². The molecule has 147 heavy (non-hydrogen) atoms. The lowest BCUT2D eigenvalue weighted by Gasteiger charge is -2.53. The quantitative estimate of drug-likeness (QED) is 0.0213. The summed E-state index contributed by atoms with van der Waals surface area (Å²) < 4.78 is 99.9. The van der Waals surface area contributed by atoms with Crippen LogP contribution >= 0.6 is 0 Å². The normalized spacial score (nSPS) is 52.0. The molecule has 53 atom stereocenters. The third-order valence-electron chi connectivity index (χ3n) is 32.2. The van der Waals surface area contributed by atoms with E-state index in [4.69, 9.17) is 75.8 Å². The molecule has 59 heteroatoms. The maximum Gasteiger partial charge on any atom is 0.330 e. The van der Waals surface area contributed by atoms with Crippen LogP contribution in [-0.2, 0) is 87.2 Å². The summed E-state index contributed by atoms with van der Waals surface area (Å²) >= 11 is 0. The molecule has 0 radical (unpaired) electrons. The van der Waals surface area contributed by atoms with Gasteiger partial charge >= 0.3 is 5.97 Å². The highest BCUT2D eigenvalue weighted by Crippen LogP contribution is 2.63. The second kappa shape index (κ2) is 45.2. The number of hydrogen-bond donors (Lipinski definition) is 42. The Morgan fingerprint density at radius 1 is 0.272 bits per heavy atom. The number of carbonyl (C=O) groups excluding carboxylic acids is 1. The van der Waals surface area contributed by atoms with Crippen LogP contribution in [0.3, 0.4) is 0 Å². The van der Waals surface area contributed by atoms with Crippen molar-refractivity contribution >= 4 is 12.0 Å².